The van der Waals surface area contributed by atoms with Gasteiger partial charge in [0.05, 0.1) is 6.04 Å². The summed E-state index contributed by atoms with van der Waals surface area (Å²) in [6.07, 6.45) is 0.592. The van der Waals surface area contributed by atoms with Crippen LogP contribution in [0.4, 0.5) is 0 Å². The normalized spacial score (nSPS) is 13.2. The first-order valence-electron chi connectivity index (χ1n) is 31.6. The smallest absolute Gasteiger partial charge is 0.327 e. The molecule has 0 bridgehead atoms. The zero-order valence-electron chi connectivity index (χ0n) is 53.3. The number of nitrogens with one attached hydrogen (secondary N) is 14. The van der Waals surface area contributed by atoms with E-state index in [1.807, 2.05) is 0 Å². The van der Waals surface area contributed by atoms with Crippen molar-refractivity contribution in [1.29, 1.82) is 21.6 Å². The maximum Gasteiger partial charge on any atom is 0.327 e. The zero-order chi connectivity index (χ0) is 69.4. The Morgan fingerprint density at radius 3 is 0.812 bits per heavy atom. The van der Waals surface area contributed by atoms with E-state index in [9.17, 15) is 19.5 Å². The highest BCUT2D eigenvalue weighted by Crippen LogP contribution is 2.33. The van der Waals surface area contributed by atoms with Crippen LogP contribution in [0, 0.1) is 21.6 Å². The van der Waals surface area contributed by atoms with Gasteiger partial charge in [0.2, 0.25) is 35.4 Å². The number of hydrogen-bond donors (Lipinski definition) is 20. The summed E-state index contributed by atoms with van der Waals surface area (Å²) in [7, 11) is 0. The predicted molar refractivity (Wildman–Crippen MR) is 368 cm³/mol. The number of guanidine groups is 4. The molecule has 0 radical (unpaired) electrons. The lowest BCUT2D eigenvalue weighted by molar-refractivity contribution is -0.142. The monoisotopic (exact) mass is 1310 g/mol. The molecule has 508 valence electrons. The Kier molecular flexibility index (Phi) is 29.6. The van der Waals surface area contributed by atoms with E-state index in [0.29, 0.717) is 39.8 Å². The fourth-order valence-electron chi connectivity index (χ4n) is 11.2. The molecule has 0 aliphatic heterocycles. The number of aliphatic carboxylic acids is 1. The largest absolute Gasteiger partial charge is 0.480 e. The summed E-state index contributed by atoms with van der Waals surface area (Å²) in [5.74, 6) is -10.7. The van der Waals surface area contributed by atoms with Crippen molar-refractivity contribution in [1.82, 2.24) is 53.2 Å². The van der Waals surface area contributed by atoms with E-state index < -0.39 is 101 Å². The summed E-state index contributed by atoms with van der Waals surface area (Å²) in [6.45, 7) is 0.504. The Morgan fingerprint density at radius 2 is 0.531 bits per heavy atom. The van der Waals surface area contributed by atoms with Gasteiger partial charge in [-0.15, -0.1) is 0 Å². The number of benzene rings is 6. The second kappa shape index (κ2) is 38.6. The van der Waals surface area contributed by atoms with Gasteiger partial charge in [0.1, 0.15) is 36.3 Å². The predicted octanol–water partition coefficient (Wildman–Crippen LogP) is 1.86. The van der Waals surface area contributed by atoms with Gasteiger partial charge in [-0.25, -0.2) is 4.79 Å². The molecule has 6 rings (SSSR count). The first-order chi connectivity index (χ1) is 46.2. The van der Waals surface area contributed by atoms with Crippen LogP contribution in [0.15, 0.2) is 182 Å². The SMILES string of the molecule is N=C(N)NCCC[C@H](NC(=O)[C@H](CCCNC(=N)N)NC(=O)[C@@H](NC(=O)[C@@H](NC(=O)[C@H](CCCNC(=N)N)NC(=O)[C@@H](N)CCCNC(=N)N)C(c1ccccc1)c1ccccc1)C(c1ccccc1)c1ccccc1)C(=O)N[C@H](C(=O)O)C(c1ccccc1)c1ccccc1. The highest BCUT2D eigenvalue weighted by atomic mass is 16.4. The molecule has 0 aliphatic carbocycles. The van der Waals surface area contributed by atoms with E-state index in [0.717, 1.165) is 0 Å². The summed E-state index contributed by atoms with van der Waals surface area (Å²) in [4.78, 5) is 105. The Hall–Kier alpha value is -11.4. The molecule has 27 heteroatoms. The summed E-state index contributed by atoms with van der Waals surface area (Å²) in [5, 5.41) is 69.7. The van der Waals surface area contributed by atoms with E-state index in [4.69, 9.17) is 50.3 Å². The van der Waals surface area contributed by atoms with Crippen LogP contribution in [0.5, 0.6) is 0 Å². The third kappa shape index (κ3) is 23.6. The van der Waals surface area contributed by atoms with Gasteiger partial charge in [0.25, 0.3) is 0 Å². The Bertz CT molecular complexity index is 3390. The van der Waals surface area contributed by atoms with E-state index in [-0.39, 0.29) is 95.0 Å². The van der Waals surface area contributed by atoms with Gasteiger partial charge in [-0.3, -0.25) is 50.4 Å². The third-order valence-corrected chi connectivity index (χ3v) is 15.9. The van der Waals surface area contributed by atoms with Crippen LogP contribution >= 0.6 is 0 Å². The van der Waals surface area contributed by atoms with Crippen molar-refractivity contribution in [2.75, 3.05) is 26.2 Å². The van der Waals surface area contributed by atoms with Crippen molar-refractivity contribution in [3.63, 3.8) is 0 Å². The van der Waals surface area contributed by atoms with E-state index in [2.05, 4.69) is 53.2 Å². The van der Waals surface area contributed by atoms with Gasteiger partial charge in [0, 0.05) is 43.9 Å². The molecule has 0 aliphatic rings. The topological polar surface area (TPSA) is 486 Å². The minimum atomic E-state index is -1.64. The quantitative estimate of drug-likeness (QED) is 0.0149. The average Bonchev–Trinajstić information content (AvgIpc) is 0.805. The minimum absolute atomic E-state index is 0.0352. The molecule has 25 N–H and O–H groups in total. The molecule has 6 aromatic rings. The zero-order valence-corrected chi connectivity index (χ0v) is 53.3. The fourth-order valence-corrected chi connectivity index (χ4v) is 11.2. The van der Waals surface area contributed by atoms with Crippen molar-refractivity contribution in [3.05, 3.63) is 215 Å². The molecule has 0 spiro atoms. The minimum Gasteiger partial charge on any atom is -0.480 e. The second-order valence-corrected chi connectivity index (χ2v) is 22.9. The molecular formula is C69H89N19O8. The van der Waals surface area contributed by atoms with Crippen molar-refractivity contribution in [2.45, 2.75) is 111 Å². The van der Waals surface area contributed by atoms with Gasteiger partial charge in [-0.05, 0) is 84.7 Å². The van der Waals surface area contributed by atoms with Crippen LogP contribution in [0.2, 0.25) is 0 Å². The van der Waals surface area contributed by atoms with Crippen LogP contribution in [0.3, 0.4) is 0 Å². The second-order valence-electron chi connectivity index (χ2n) is 22.9. The van der Waals surface area contributed by atoms with Crippen molar-refractivity contribution >= 4 is 65.3 Å². The molecule has 0 unspecified atom stereocenters. The fraction of sp³-hybridized carbons (Fsp3) is 0.319. The number of amides is 6. The van der Waals surface area contributed by atoms with E-state index in [1.165, 1.54) is 0 Å². The van der Waals surface area contributed by atoms with Crippen LogP contribution in [0.1, 0.15) is 103 Å². The Morgan fingerprint density at radius 1 is 0.312 bits per heavy atom. The number of carbonyl (C=O) groups excluding carboxylic acids is 6. The number of rotatable bonds is 38. The summed E-state index contributed by atoms with van der Waals surface area (Å²) < 4.78 is 0. The van der Waals surface area contributed by atoms with Crippen LogP contribution < -0.4 is 81.8 Å². The number of nitrogens with two attached hydrogens (primary N) is 5. The average molecular weight is 1310 g/mol. The van der Waals surface area contributed by atoms with Crippen LogP contribution in [0.25, 0.3) is 0 Å². The van der Waals surface area contributed by atoms with E-state index >= 15 is 19.2 Å². The standard InChI is InChI=1S/C69H89N19O8/c70-49(35-19-39-79-66(71)72)59(89)83-51(37-21-41-81-68(75)76)61(91)86-57(54(45-27-11-3-12-28-45)46-29-13-4-14-30-46)64(94)87-56(53(43-23-7-1-8-24-43)44-25-9-2-10-26-44)63(93)85-50(36-20-40-80-67(73)74)60(90)84-52(38-22-42-82-69(77)78)62(92)88-58(65(95)96)55(47-31-15-5-16-32-47)48-33-17-6-18-34-48/h1-18,23-34,49-58H,19-22,35-42,70H2,(H,83,89)(H,84,90)(H,85,93)(H,86,91)(H,87,94)(H,88,92)(H,95,96)(H4,71,72,79)(H4,73,74,80)(H4,75,76,81)(H4,77,78,82)/t49-,50-,51-,52-,56-,57-,58-/m0/s1. The molecule has 0 aromatic heterocycles. The van der Waals surface area contributed by atoms with Crippen molar-refractivity contribution in [2.24, 2.45) is 28.7 Å². The van der Waals surface area contributed by atoms with Crippen molar-refractivity contribution < 1.29 is 38.7 Å². The number of carboxylic acids is 1. The van der Waals surface area contributed by atoms with Gasteiger partial charge < -0.3 is 86.9 Å². The molecular weight excluding hydrogens is 1220 g/mol. The first kappa shape index (κ1) is 73.7. The lowest BCUT2D eigenvalue weighted by Gasteiger charge is -2.34. The molecule has 6 amide bonds. The molecule has 0 fully saturated rings. The lowest BCUT2D eigenvalue weighted by atomic mass is 9.82. The molecule has 6 aromatic carbocycles. The van der Waals surface area contributed by atoms with Crippen molar-refractivity contribution in [3.8, 4) is 0 Å². The van der Waals surface area contributed by atoms with Crippen LogP contribution in [-0.4, -0.2) is 139 Å². The summed E-state index contributed by atoms with van der Waals surface area (Å²) in [5.41, 5.74) is 32.1. The highest BCUT2D eigenvalue weighted by molar-refractivity contribution is 5.98. The number of carbonyl (C=O) groups is 7. The third-order valence-electron chi connectivity index (χ3n) is 15.9. The Labute approximate surface area is 558 Å². The molecule has 7 atom stereocenters. The van der Waals surface area contributed by atoms with Crippen LogP contribution in [-0.2, 0) is 33.6 Å². The van der Waals surface area contributed by atoms with Gasteiger partial charge in [-0.1, -0.05) is 182 Å². The molecule has 0 heterocycles. The number of hydrogen-bond acceptors (Lipinski definition) is 12. The molecule has 96 heavy (non-hydrogen) atoms. The maximum absolute atomic E-state index is 16.2. The van der Waals surface area contributed by atoms with Gasteiger partial charge in [0.15, 0.2) is 23.8 Å². The van der Waals surface area contributed by atoms with E-state index in [1.54, 1.807) is 182 Å². The maximum atomic E-state index is 16.2. The lowest BCUT2D eigenvalue weighted by Crippen LogP contribution is -2.62. The molecule has 0 saturated heterocycles. The first-order valence-corrected chi connectivity index (χ1v) is 31.6. The van der Waals surface area contributed by atoms with Gasteiger partial charge >= 0.3 is 5.97 Å². The summed E-state index contributed by atoms with van der Waals surface area (Å²) in [6, 6.07) is 42.7. The summed E-state index contributed by atoms with van der Waals surface area (Å²) >= 11 is 0. The Balaban J connectivity index is 1.45. The number of carboxylic acid groups (broad SMARTS) is 1. The molecule has 27 nitrogen and oxygen atoms in total. The molecule has 0 saturated carbocycles. The van der Waals surface area contributed by atoms with Gasteiger partial charge in [-0.2, -0.15) is 0 Å². The highest BCUT2D eigenvalue weighted by Gasteiger charge is 2.41.